The van der Waals surface area contributed by atoms with Crippen LogP contribution < -0.4 is 19.1 Å². The molecule has 0 spiro atoms. The number of ether oxygens (including phenoxy) is 1. The Hall–Kier alpha value is -3.28. The second-order valence-electron chi connectivity index (χ2n) is 7.79. The van der Waals surface area contributed by atoms with E-state index in [0.717, 1.165) is 10.6 Å². The van der Waals surface area contributed by atoms with E-state index in [0.29, 0.717) is 28.8 Å². The van der Waals surface area contributed by atoms with Crippen molar-refractivity contribution in [3.05, 3.63) is 77.8 Å². The number of amides is 1. The van der Waals surface area contributed by atoms with Gasteiger partial charge in [-0.05, 0) is 86.6 Å². The lowest BCUT2D eigenvalue weighted by Crippen LogP contribution is -2.45. The van der Waals surface area contributed by atoms with Gasteiger partial charge in [0.25, 0.3) is 10.0 Å². The van der Waals surface area contributed by atoms with Crippen LogP contribution in [-0.2, 0) is 24.8 Å². The van der Waals surface area contributed by atoms with Crippen molar-refractivity contribution >= 4 is 54.6 Å². The van der Waals surface area contributed by atoms with Crippen molar-refractivity contribution in [3.63, 3.8) is 0 Å². The average Bonchev–Trinajstić information content (AvgIpc) is 2.81. The number of halogens is 1. The number of sulfonamides is 2. The zero-order valence-electron chi connectivity index (χ0n) is 19.8. The van der Waals surface area contributed by atoms with Crippen molar-refractivity contribution in [2.24, 2.45) is 0 Å². The highest BCUT2D eigenvalue weighted by atomic mass is 35.5. The first kappa shape index (κ1) is 27.3. The maximum Gasteiger partial charge on any atom is 0.261 e. The van der Waals surface area contributed by atoms with Crippen LogP contribution >= 0.6 is 11.6 Å². The summed E-state index contributed by atoms with van der Waals surface area (Å²) in [6.45, 7) is 3.80. The topological polar surface area (TPSA) is 122 Å². The van der Waals surface area contributed by atoms with Gasteiger partial charge in [-0.2, -0.15) is 0 Å². The highest BCUT2D eigenvalue weighted by molar-refractivity contribution is 7.92. The van der Waals surface area contributed by atoms with Crippen LogP contribution in [0.5, 0.6) is 5.75 Å². The Balaban J connectivity index is 1.72. The number of anilines is 3. The molecule has 0 aromatic heterocycles. The maximum absolute atomic E-state index is 12.9. The zero-order valence-corrected chi connectivity index (χ0v) is 22.2. The molecule has 1 amide bonds. The summed E-state index contributed by atoms with van der Waals surface area (Å²) in [4.78, 5) is 12.8. The van der Waals surface area contributed by atoms with Gasteiger partial charge in [-0.1, -0.05) is 11.6 Å². The largest absolute Gasteiger partial charge is 0.494 e. The molecule has 2 N–H and O–H groups in total. The van der Waals surface area contributed by atoms with Crippen molar-refractivity contribution in [1.29, 1.82) is 0 Å². The third kappa shape index (κ3) is 6.90. The summed E-state index contributed by atoms with van der Waals surface area (Å²) in [6.07, 6.45) is 1.00. The van der Waals surface area contributed by atoms with Crippen molar-refractivity contribution < 1.29 is 26.4 Å². The summed E-state index contributed by atoms with van der Waals surface area (Å²) in [7, 11) is -7.67. The van der Waals surface area contributed by atoms with E-state index in [9.17, 15) is 21.6 Å². The molecule has 36 heavy (non-hydrogen) atoms. The first-order valence-corrected chi connectivity index (χ1v) is 14.5. The summed E-state index contributed by atoms with van der Waals surface area (Å²) in [5.74, 6) is 0.0266. The molecular formula is C24H26ClN3O6S2. The minimum atomic E-state index is -3.87. The quantitative estimate of drug-likeness (QED) is 0.387. The Morgan fingerprint density at radius 3 is 2.00 bits per heavy atom. The fraction of sp³-hybridized carbons (Fsp3) is 0.208. The number of nitrogens with one attached hydrogen (secondary N) is 2. The second-order valence-corrected chi connectivity index (χ2v) is 11.8. The fourth-order valence-electron chi connectivity index (χ4n) is 3.36. The van der Waals surface area contributed by atoms with Crippen molar-refractivity contribution in [2.45, 2.75) is 24.8 Å². The minimum absolute atomic E-state index is 0.0126. The van der Waals surface area contributed by atoms with Crippen molar-refractivity contribution in [3.8, 4) is 5.75 Å². The zero-order chi connectivity index (χ0) is 26.5. The molecule has 1 atom stereocenters. The first-order valence-electron chi connectivity index (χ1n) is 10.8. The third-order valence-electron chi connectivity index (χ3n) is 5.02. The molecule has 0 radical (unpaired) electrons. The standard InChI is InChI=1S/C24H26ClN3O6S2/c1-4-34-22-13-7-20(8-14-22)27-36(32,33)23-15-9-19(10-16-23)26-24(29)17(2)28(35(3,30)31)21-11-5-18(25)6-12-21/h5-17,27H,4H2,1-3H3,(H,26,29)/t17-/m1/s1. The first-order chi connectivity index (χ1) is 16.9. The summed E-state index contributed by atoms with van der Waals surface area (Å²) < 4.78 is 59.1. The number of nitrogens with zero attached hydrogens (tertiary/aromatic N) is 1. The fourth-order valence-corrected chi connectivity index (χ4v) is 5.72. The lowest BCUT2D eigenvalue weighted by atomic mass is 10.2. The number of carbonyl (C=O) groups excluding carboxylic acids is 1. The van der Waals surface area contributed by atoms with Gasteiger partial charge in [0.15, 0.2) is 0 Å². The molecule has 9 nitrogen and oxygen atoms in total. The molecule has 0 heterocycles. The predicted octanol–water partition coefficient (Wildman–Crippen LogP) is 4.33. The number of benzene rings is 3. The summed E-state index contributed by atoms with van der Waals surface area (Å²) in [5.41, 5.74) is 0.954. The van der Waals surface area contributed by atoms with Gasteiger partial charge in [-0.3, -0.25) is 13.8 Å². The van der Waals surface area contributed by atoms with Crippen LogP contribution in [0.4, 0.5) is 17.1 Å². The number of hydrogen-bond acceptors (Lipinski definition) is 6. The van der Waals surface area contributed by atoms with Gasteiger partial charge in [-0.15, -0.1) is 0 Å². The molecule has 192 valence electrons. The molecule has 0 saturated heterocycles. The van der Waals surface area contributed by atoms with Gasteiger partial charge in [0, 0.05) is 16.4 Å². The van der Waals surface area contributed by atoms with Gasteiger partial charge in [0.1, 0.15) is 11.8 Å². The Bertz CT molecular complexity index is 1410. The van der Waals surface area contributed by atoms with Gasteiger partial charge in [0.2, 0.25) is 15.9 Å². The van der Waals surface area contributed by atoms with E-state index in [1.54, 1.807) is 24.3 Å². The number of carbonyl (C=O) groups is 1. The second kappa shape index (κ2) is 11.2. The minimum Gasteiger partial charge on any atom is -0.494 e. The van der Waals surface area contributed by atoms with Crippen LogP contribution in [0, 0.1) is 0 Å². The van der Waals surface area contributed by atoms with E-state index in [4.69, 9.17) is 16.3 Å². The van der Waals surface area contributed by atoms with Gasteiger partial charge < -0.3 is 10.1 Å². The van der Waals surface area contributed by atoms with Crippen LogP contribution in [0.3, 0.4) is 0 Å². The van der Waals surface area contributed by atoms with Crippen molar-refractivity contribution in [1.82, 2.24) is 0 Å². The SMILES string of the molecule is CCOc1ccc(NS(=O)(=O)c2ccc(NC(=O)[C@@H](C)N(c3ccc(Cl)cc3)S(C)(=O)=O)cc2)cc1. The van der Waals surface area contributed by atoms with Gasteiger partial charge in [-0.25, -0.2) is 16.8 Å². The van der Waals surface area contributed by atoms with E-state index >= 15 is 0 Å². The molecular weight excluding hydrogens is 526 g/mol. The number of rotatable bonds is 10. The van der Waals surface area contributed by atoms with Crippen LogP contribution in [-0.4, -0.2) is 41.6 Å². The van der Waals surface area contributed by atoms with E-state index in [2.05, 4.69) is 10.0 Å². The predicted molar refractivity (Wildman–Crippen MR) is 142 cm³/mol. The Morgan fingerprint density at radius 1 is 0.917 bits per heavy atom. The molecule has 0 aliphatic carbocycles. The van der Waals surface area contributed by atoms with Crippen LogP contribution in [0.2, 0.25) is 5.02 Å². The Kier molecular flexibility index (Phi) is 8.49. The lowest BCUT2D eigenvalue weighted by molar-refractivity contribution is -0.116. The molecule has 0 aliphatic rings. The van der Waals surface area contributed by atoms with Crippen LogP contribution in [0.1, 0.15) is 13.8 Å². The molecule has 3 rings (SSSR count). The van der Waals surface area contributed by atoms with Crippen molar-refractivity contribution in [2.75, 3.05) is 27.2 Å². The Morgan fingerprint density at radius 2 is 1.47 bits per heavy atom. The summed E-state index contributed by atoms with van der Waals surface area (Å²) >= 11 is 5.89. The van der Waals surface area contributed by atoms with Crippen LogP contribution in [0.15, 0.2) is 77.7 Å². The number of hydrogen-bond donors (Lipinski definition) is 2. The molecule has 3 aromatic carbocycles. The summed E-state index contributed by atoms with van der Waals surface area (Å²) in [6, 6.07) is 17.0. The van der Waals surface area contributed by atoms with Gasteiger partial charge in [0.05, 0.1) is 23.4 Å². The normalized spacial score (nSPS) is 12.4. The molecule has 3 aromatic rings. The molecule has 0 bridgehead atoms. The lowest BCUT2D eigenvalue weighted by Gasteiger charge is -2.28. The highest BCUT2D eigenvalue weighted by Gasteiger charge is 2.29. The van der Waals surface area contributed by atoms with Gasteiger partial charge >= 0.3 is 0 Å². The monoisotopic (exact) mass is 551 g/mol. The smallest absolute Gasteiger partial charge is 0.261 e. The average molecular weight is 552 g/mol. The molecule has 0 saturated carbocycles. The van der Waals surface area contributed by atoms with E-state index in [1.807, 2.05) is 6.92 Å². The Labute approximate surface area is 216 Å². The van der Waals surface area contributed by atoms with E-state index < -0.39 is 32.0 Å². The highest BCUT2D eigenvalue weighted by Crippen LogP contribution is 2.24. The molecule has 0 fully saturated rings. The van der Waals surface area contributed by atoms with E-state index in [1.165, 1.54) is 55.5 Å². The molecule has 0 unspecified atom stereocenters. The maximum atomic E-state index is 12.9. The molecule has 0 aliphatic heterocycles. The summed E-state index contributed by atoms with van der Waals surface area (Å²) in [5, 5.41) is 3.05. The molecule has 12 heteroatoms. The van der Waals surface area contributed by atoms with Crippen LogP contribution in [0.25, 0.3) is 0 Å². The van der Waals surface area contributed by atoms with E-state index in [-0.39, 0.29) is 10.6 Å². The third-order valence-corrected chi connectivity index (χ3v) is 7.91.